The molecule has 0 saturated carbocycles. The second-order valence-corrected chi connectivity index (χ2v) is 5.38. The number of halogens is 1. The first kappa shape index (κ1) is 17.5. The molecule has 0 aliphatic rings. The largest absolute Gasteiger partial charge is 0.508 e. The summed E-state index contributed by atoms with van der Waals surface area (Å²) in [5, 5.41) is 16.2. The number of anilines is 1. The molecule has 7 heteroatoms. The monoisotopic (exact) mass is 345 g/mol. The average molecular weight is 346 g/mol. The van der Waals surface area contributed by atoms with Crippen molar-refractivity contribution in [1.29, 1.82) is 0 Å². The van der Waals surface area contributed by atoms with Crippen LogP contribution in [0.1, 0.15) is 18.4 Å². The molecule has 0 aliphatic carbocycles. The summed E-state index contributed by atoms with van der Waals surface area (Å²) in [6, 6.07) is 13.1. The molecule has 0 heterocycles. The maximum Gasteiger partial charge on any atom is 0.240 e. The van der Waals surface area contributed by atoms with Crippen molar-refractivity contribution in [2.75, 3.05) is 5.32 Å². The van der Waals surface area contributed by atoms with Crippen molar-refractivity contribution in [2.24, 2.45) is 5.10 Å². The van der Waals surface area contributed by atoms with Crippen LogP contribution in [0.5, 0.6) is 5.75 Å². The van der Waals surface area contributed by atoms with Gasteiger partial charge in [0.1, 0.15) is 5.75 Å². The zero-order chi connectivity index (χ0) is 17.4. The molecule has 2 aromatic carbocycles. The van der Waals surface area contributed by atoms with Gasteiger partial charge in [0.05, 0.1) is 6.21 Å². The van der Waals surface area contributed by atoms with Crippen molar-refractivity contribution >= 4 is 35.3 Å². The van der Waals surface area contributed by atoms with Crippen LogP contribution in [0.25, 0.3) is 0 Å². The lowest BCUT2D eigenvalue weighted by Crippen LogP contribution is -2.20. The molecule has 0 aromatic heterocycles. The second kappa shape index (κ2) is 8.69. The van der Waals surface area contributed by atoms with Crippen LogP contribution in [0.2, 0.25) is 5.02 Å². The molecular weight excluding hydrogens is 330 g/mol. The Kier molecular flexibility index (Phi) is 6.33. The van der Waals surface area contributed by atoms with Gasteiger partial charge in [-0.3, -0.25) is 9.59 Å². The minimum Gasteiger partial charge on any atom is -0.508 e. The van der Waals surface area contributed by atoms with Gasteiger partial charge in [0, 0.05) is 23.6 Å². The van der Waals surface area contributed by atoms with Crippen molar-refractivity contribution in [3.8, 4) is 5.75 Å². The first-order chi connectivity index (χ1) is 11.5. The van der Waals surface area contributed by atoms with E-state index in [1.807, 2.05) is 0 Å². The van der Waals surface area contributed by atoms with Crippen LogP contribution in [-0.2, 0) is 9.59 Å². The lowest BCUT2D eigenvalue weighted by atomic mass is 10.2. The summed E-state index contributed by atoms with van der Waals surface area (Å²) < 4.78 is 0. The molecule has 0 atom stereocenters. The number of benzene rings is 2. The zero-order valence-corrected chi connectivity index (χ0v) is 13.5. The summed E-state index contributed by atoms with van der Waals surface area (Å²) in [6.07, 6.45) is 1.51. The highest BCUT2D eigenvalue weighted by Gasteiger charge is 2.06. The van der Waals surface area contributed by atoms with Crippen molar-refractivity contribution in [1.82, 2.24) is 5.43 Å². The van der Waals surface area contributed by atoms with Gasteiger partial charge in [-0.05, 0) is 54.1 Å². The number of phenolic OH excluding ortho intramolecular Hbond substituents is 1. The summed E-state index contributed by atoms with van der Waals surface area (Å²) in [7, 11) is 0. The van der Waals surface area contributed by atoms with E-state index in [1.165, 1.54) is 18.3 Å². The van der Waals surface area contributed by atoms with Crippen LogP contribution in [-0.4, -0.2) is 23.1 Å². The fraction of sp³-hybridized carbons (Fsp3) is 0.118. The van der Waals surface area contributed by atoms with Gasteiger partial charge in [-0.2, -0.15) is 5.10 Å². The van der Waals surface area contributed by atoms with E-state index < -0.39 is 0 Å². The van der Waals surface area contributed by atoms with Crippen LogP contribution in [0.4, 0.5) is 5.69 Å². The molecule has 124 valence electrons. The van der Waals surface area contributed by atoms with E-state index in [0.29, 0.717) is 10.7 Å². The van der Waals surface area contributed by atoms with Gasteiger partial charge >= 0.3 is 0 Å². The molecule has 0 bridgehead atoms. The van der Waals surface area contributed by atoms with E-state index in [1.54, 1.807) is 36.4 Å². The van der Waals surface area contributed by atoms with Crippen molar-refractivity contribution < 1.29 is 14.7 Å². The Morgan fingerprint density at radius 1 is 1.00 bits per heavy atom. The van der Waals surface area contributed by atoms with Gasteiger partial charge in [0.2, 0.25) is 11.8 Å². The fourth-order valence-electron chi connectivity index (χ4n) is 1.78. The van der Waals surface area contributed by atoms with Crippen LogP contribution >= 0.6 is 11.6 Å². The summed E-state index contributed by atoms with van der Waals surface area (Å²) in [4.78, 5) is 23.4. The van der Waals surface area contributed by atoms with E-state index in [4.69, 9.17) is 16.7 Å². The Hall–Kier alpha value is -2.86. The smallest absolute Gasteiger partial charge is 0.240 e. The third kappa shape index (κ3) is 6.10. The first-order valence-electron chi connectivity index (χ1n) is 7.19. The van der Waals surface area contributed by atoms with Crippen molar-refractivity contribution in [2.45, 2.75) is 12.8 Å². The van der Waals surface area contributed by atoms with Crippen LogP contribution < -0.4 is 10.7 Å². The second-order valence-electron chi connectivity index (χ2n) is 4.94. The van der Waals surface area contributed by atoms with Crippen LogP contribution in [0, 0.1) is 0 Å². The van der Waals surface area contributed by atoms with E-state index in [9.17, 15) is 9.59 Å². The molecule has 24 heavy (non-hydrogen) atoms. The molecule has 0 fully saturated rings. The highest BCUT2D eigenvalue weighted by molar-refractivity contribution is 6.30. The van der Waals surface area contributed by atoms with E-state index >= 15 is 0 Å². The van der Waals surface area contributed by atoms with Gasteiger partial charge in [0.15, 0.2) is 0 Å². The quantitative estimate of drug-likeness (QED) is 0.555. The Bertz CT molecular complexity index is 728. The molecule has 2 amide bonds. The number of nitrogens with one attached hydrogen (secondary N) is 2. The van der Waals surface area contributed by atoms with Gasteiger partial charge in [-0.15, -0.1) is 0 Å². The number of hydrogen-bond donors (Lipinski definition) is 3. The third-order valence-electron chi connectivity index (χ3n) is 3.00. The van der Waals surface area contributed by atoms with E-state index in [0.717, 1.165) is 5.56 Å². The van der Waals surface area contributed by atoms with Gasteiger partial charge in [-0.25, -0.2) is 5.43 Å². The molecule has 0 aliphatic heterocycles. The number of phenols is 1. The minimum atomic E-state index is -0.365. The first-order valence-corrected chi connectivity index (χ1v) is 7.57. The van der Waals surface area contributed by atoms with Crippen molar-refractivity contribution in [3.05, 3.63) is 59.1 Å². The summed E-state index contributed by atoms with van der Waals surface area (Å²) >= 11 is 5.76. The zero-order valence-electron chi connectivity index (χ0n) is 12.7. The Labute approximate surface area is 144 Å². The highest BCUT2D eigenvalue weighted by Crippen LogP contribution is 2.13. The van der Waals surface area contributed by atoms with E-state index in [2.05, 4.69) is 15.8 Å². The predicted octanol–water partition coefficient (Wildman–Crippen LogP) is 2.91. The number of nitrogens with zero attached hydrogens (tertiary/aromatic N) is 1. The predicted molar refractivity (Wildman–Crippen MR) is 93.2 cm³/mol. The molecule has 6 nitrogen and oxygen atoms in total. The minimum absolute atomic E-state index is 0.0202. The maximum atomic E-state index is 11.7. The summed E-state index contributed by atoms with van der Waals surface area (Å²) in [6.45, 7) is 0. The molecule has 0 spiro atoms. The Balaban J connectivity index is 1.71. The van der Waals surface area contributed by atoms with Gasteiger partial charge < -0.3 is 10.4 Å². The van der Waals surface area contributed by atoms with Crippen LogP contribution in [0.3, 0.4) is 0 Å². The SMILES string of the molecule is O=C(CCC(=O)Nc1ccc(Cl)cc1)NN=Cc1ccc(O)cc1. The lowest BCUT2D eigenvalue weighted by molar-refractivity contribution is -0.124. The number of hydrogen-bond acceptors (Lipinski definition) is 4. The normalized spacial score (nSPS) is 10.5. The number of amides is 2. The molecule has 2 rings (SSSR count). The Morgan fingerprint density at radius 3 is 2.29 bits per heavy atom. The number of carbonyl (C=O) groups excluding carboxylic acids is 2. The standard InChI is InChI=1S/C17H16ClN3O3/c18-13-3-5-14(6-4-13)20-16(23)9-10-17(24)21-19-11-12-1-7-15(22)8-2-12/h1-8,11,22H,9-10H2,(H,20,23)(H,21,24). The molecule has 0 saturated heterocycles. The number of carbonyl (C=O) groups is 2. The maximum absolute atomic E-state index is 11.7. The molecular formula is C17H16ClN3O3. The molecule has 2 aromatic rings. The number of hydrazone groups is 1. The van der Waals surface area contributed by atoms with Crippen LogP contribution in [0.15, 0.2) is 53.6 Å². The Morgan fingerprint density at radius 2 is 1.62 bits per heavy atom. The third-order valence-corrected chi connectivity index (χ3v) is 3.26. The van der Waals surface area contributed by atoms with Gasteiger partial charge in [0.25, 0.3) is 0 Å². The average Bonchev–Trinajstić information content (AvgIpc) is 2.57. The topological polar surface area (TPSA) is 90.8 Å². The highest BCUT2D eigenvalue weighted by atomic mass is 35.5. The molecule has 3 N–H and O–H groups in total. The van der Waals surface area contributed by atoms with Crippen molar-refractivity contribution in [3.63, 3.8) is 0 Å². The summed E-state index contributed by atoms with van der Waals surface area (Å²) in [5.41, 5.74) is 3.69. The lowest BCUT2D eigenvalue weighted by Gasteiger charge is -2.04. The van der Waals surface area contributed by atoms with E-state index in [-0.39, 0.29) is 30.4 Å². The number of aromatic hydroxyl groups is 1. The molecule has 0 unspecified atom stereocenters. The molecule has 0 radical (unpaired) electrons. The van der Waals surface area contributed by atoms with Gasteiger partial charge in [-0.1, -0.05) is 11.6 Å². The fourth-order valence-corrected chi connectivity index (χ4v) is 1.90. The number of rotatable bonds is 6. The summed E-state index contributed by atoms with van der Waals surface area (Å²) in [5.74, 6) is -0.478.